The molecule has 1 atom stereocenters. The normalized spacial score (nSPS) is 17.3. The molecule has 1 aliphatic heterocycles. The SMILES string of the molecule is CN(CC(C)(C)O)C(=O)[C@H]1CCc2c(sc3ncnc(Nc4cc5c(cn4)CN=C5)c23)C1. The van der Waals surface area contributed by atoms with Gasteiger partial charge in [-0.25, -0.2) is 15.0 Å². The summed E-state index contributed by atoms with van der Waals surface area (Å²) in [5, 5.41) is 14.5. The monoisotopic (exact) mass is 450 g/mol. The Labute approximate surface area is 190 Å². The van der Waals surface area contributed by atoms with Crippen molar-refractivity contribution in [2.24, 2.45) is 10.9 Å². The molecule has 3 aromatic heterocycles. The first kappa shape index (κ1) is 21.0. The van der Waals surface area contributed by atoms with Crippen LogP contribution in [0.4, 0.5) is 11.6 Å². The summed E-state index contributed by atoms with van der Waals surface area (Å²) in [6.07, 6.45) is 7.56. The number of thiophene rings is 1. The number of carbonyl (C=O) groups is 1. The van der Waals surface area contributed by atoms with Crippen LogP contribution in [0.3, 0.4) is 0 Å². The molecule has 0 fully saturated rings. The van der Waals surface area contributed by atoms with E-state index in [2.05, 4.69) is 25.3 Å². The molecule has 2 N–H and O–H groups in total. The van der Waals surface area contributed by atoms with Crippen LogP contribution in [-0.4, -0.2) is 56.3 Å². The van der Waals surface area contributed by atoms with Crippen LogP contribution in [0.15, 0.2) is 23.6 Å². The van der Waals surface area contributed by atoms with E-state index in [4.69, 9.17) is 0 Å². The summed E-state index contributed by atoms with van der Waals surface area (Å²) in [4.78, 5) is 34.5. The van der Waals surface area contributed by atoms with Crippen LogP contribution in [0.25, 0.3) is 10.2 Å². The molecule has 3 aromatic rings. The second kappa shape index (κ2) is 7.90. The Bertz CT molecular complexity index is 1230. The van der Waals surface area contributed by atoms with Gasteiger partial charge in [0.15, 0.2) is 0 Å². The summed E-state index contributed by atoms with van der Waals surface area (Å²) in [5.41, 5.74) is 2.53. The number of nitrogens with zero attached hydrogens (tertiary/aromatic N) is 5. The van der Waals surface area contributed by atoms with E-state index in [0.29, 0.717) is 19.5 Å². The molecular formula is C23H26N6O2S. The Balaban J connectivity index is 1.41. The number of pyridine rings is 1. The predicted octanol–water partition coefficient (Wildman–Crippen LogP) is 3.10. The smallest absolute Gasteiger partial charge is 0.225 e. The number of rotatable bonds is 5. The molecule has 0 spiro atoms. The van der Waals surface area contributed by atoms with Crippen LogP contribution >= 0.6 is 11.3 Å². The number of aliphatic imine (C=N–C) groups is 1. The van der Waals surface area contributed by atoms with Crippen molar-refractivity contribution >= 4 is 45.3 Å². The lowest BCUT2D eigenvalue weighted by molar-refractivity contribution is -0.137. The highest BCUT2D eigenvalue weighted by molar-refractivity contribution is 7.19. The van der Waals surface area contributed by atoms with Crippen molar-refractivity contribution in [3.05, 3.63) is 40.2 Å². The highest BCUT2D eigenvalue weighted by Gasteiger charge is 2.32. The van der Waals surface area contributed by atoms with Crippen LogP contribution < -0.4 is 5.32 Å². The number of hydrogen-bond acceptors (Lipinski definition) is 8. The van der Waals surface area contributed by atoms with Gasteiger partial charge in [0.25, 0.3) is 0 Å². The van der Waals surface area contributed by atoms with E-state index in [0.717, 1.165) is 45.8 Å². The van der Waals surface area contributed by atoms with E-state index >= 15 is 0 Å². The Morgan fingerprint density at radius 3 is 3.00 bits per heavy atom. The van der Waals surface area contributed by atoms with Crippen molar-refractivity contribution < 1.29 is 9.90 Å². The molecule has 4 heterocycles. The first-order valence-corrected chi connectivity index (χ1v) is 11.6. The zero-order chi connectivity index (χ0) is 22.5. The van der Waals surface area contributed by atoms with Gasteiger partial charge in [-0.05, 0) is 44.7 Å². The van der Waals surface area contributed by atoms with Gasteiger partial charge in [-0.15, -0.1) is 11.3 Å². The third-order valence-electron chi connectivity index (χ3n) is 5.96. The standard InChI is InChI=1S/C23H26N6O2S/c1-23(2,31)11-29(3)22(30)13-4-5-16-17(6-13)32-21-19(16)20(26-12-27-21)28-18-7-14-8-24-9-15(14)10-25-18/h7-8,10,12-13,31H,4-6,9,11H2,1-3H3,(H,25,26,27,28)/t13-/m0/s1. The minimum Gasteiger partial charge on any atom is -0.389 e. The van der Waals surface area contributed by atoms with Gasteiger partial charge in [-0.2, -0.15) is 0 Å². The molecule has 0 saturated carbocycles. The van der Waals surface area contributed by atoms with E-state index in [1.807, 2.05) is 18.5 Å². The number of nitrogens with one attached hydrogen (secondary N) is 1. The third-order valence-corrected chi connectivity index (χ3v) is 7.12. The number of hydrogen-bond donors (Lipinski definition) is 2. The van der Waals surface area contributed by atoms with Gasteiger partial charge in [0.1, 0.15) is 22.8 Å². The minimum atomic E-state index is -0.907. The van der Waals surface area contributed by atoms with Crippen LogP contribution in [0.2, 0.25) is 0 Å². The largest absolute Gasteiger partial charge is 0.389 e. The second-order valence-corrected chi connectivity index (χ2v) is 10.3. The van der Waals surface area contributed by atoms with Gasteiger partial charge in [0, 0.05) is 47.9 Å². The minimum absolute atomic E-state index is 0.0788. The number of amides is 1. The number of aryl methyl sites for hydroxylation is 1. The quantitative estimate of drug-likeness (QED) is 0.619. The number of carbonyl (C=O) groups excluding carboxylic acids is 1. The van der Waals surface area contributed by atoms with Crippen LogP contribution in [0.1, 0.15) is 41.8 Å². The van der Waals surface area contributed by atoms with E-state index in [1.165, 1.54) is 10.4 Å². The summed E-state index contributed by atoms with van der Waals surface area (Å²) in [5.74, 6) is 1.49. The zero-order valence-corrected chi connectivity index (χ0v) is 19.2. The van der Waals surface area contributed by atoms with E-state index in [-0.39, 0.29) is 11.8 Å². The van der Waals surface area contributed by atoms with Crippen LogP contribution in [0.5, 0.6) is 0 Å². The molecule has 9 heteroatoms. The Morgan fingerprint density at radius 1 is 1.34 bits per heavy atom. The lowest BCUT2D eigenvalue weighted by Crippen LogP contribution is -2.43. The fraction of sp³-hybridized carbons (Fsp3) is 0.435. The molecule has 0 unspecified atom stereocenters. The zero-order valence-electron chi connectivity index (χ0n) is 18.4. The van der Waals surface area contributed by atoms with Crippen molar-refractivity contribution in [3.8, 4) is 0 Å². The number of likely N-dealkylation sites (N-methyl/N-ethyl adjacent to an activating group) is 1. The molecule has 0 radical (unpaired) electrons. The Kier molecular flexibility index (Phi) is 5.17. The van der Waals surface area contributed by atoms with Crippen molar-refractivity contribution in [3.63, 3.8) is 0 Å². The number of aliphatic hydroxyl groups is 1. The van der Waals surface area contributed by atoms with Gasteiger partial charge in [-0.3, -0.25) is 9.79 Å². The number of aromatic nitrogens is 3. The lowest BCUT2D eigenvalue weighted by atomic mass is 9.86. The number of fused-ring (bicyclic) bond motifs is 4. The lowest BCUT2D eigenvalue weighted by Gasteiger charge is -2.30. The molecule has 1 aliphatic carbocycles. The molecule has 32 heavy (non-hydrogen) atoms. The van der Waals surface area contributed by atoms with Crippen molar-refractivity contribution in [1.29, 1.82) is 0 Å². The molecule has 5 rings (SSSR count). The Morgan fingerprint density at radius 2 is 2.19 bits per heavy atom. The van der Waals surface area contributed by atoms with E-state index in [1.54, 1.807) is 43.5 Å². The number of anilines is 2. The summed E-state index contributed by atoms with van der Waals surface area (Å²) < 4.78 is 0. The summed E-state index contributed by atoms with van der Waals surface area (Å²) in [6, 6.07) is 1.99. The summed E-state index contributed by atoms with van der Waals surface area (Å²) in [7, 11) is 1.77. The topological polar surface area (TPSA) is 104 Å². The van der Waals surface area contributed by atoms with Gasteiger partial charge in [-0.1, -0.05) is 0 Å². The maximum Gasteiger partial charge on any atom is 0.225 e. The maximum absolute atomic E-state index is 13.0. The predicted molar refractivity (Wildman–Crippen MR) is 126 cm³/mol. The van der Waals surface area contributed by atoms with Crippen molar-refractivity contribution in [2.75, 3.05) is 18.9 Å². The summed E-state index contributed by atoms with van der Waals surface area (Å²) >= 11 is 1.64. The van der Waals surface area contributed by atoms with Crippen LogP contribution in [0, 0.1) is 5.92 Å². The molecule has 1 amide bonds. The maximum atomic E-state index is 13.0. The van der Waals surface area contributed by atoms with Crippen molar-refractivity contribution in [1.82, 2.24) is 19.9 Å². The molecule has 0 bridgehead atoms. The van der Waals surface area contributed by atoms with Gasteiger partial charge < -0.3 is 15.3 Å². The van der Waals surface area contributed by atoms with E-state index in [9.17, 15) is 9.90 Å². The molecule has 8 nitrogen and oxygen atoms in total. The highest BCUT2D eigenvalue weighted by atomic mass is 32.1. The first-order chi connectivity index (χ1) is 15.3. The third kappa shape index (κ3) is 3.98. The highest BCUT2D eigenvalue weighted by Crippen LogP contribution is 2.40. The van der Waals surface area contributed by atoms with Gasteiger partial charge >= 0.3 is 0 Å². The second-order valence-electron chi connectivity index (χ2n) is 9.22. The Hall–Kier alpha value is -2.91. The average Bonchev–Trinajstić information content (AvgIpc) is 3.35. The van der Waals surface area contributed by atoms with Gasteiger partial charge in [0.2, 0.25) is 5.91 Å². The van der Waals surface area contributed by atoms with Crippen molar-refractivity contribution in [2.45, 2.75) is 45.3 Å². The molecule has 0 saturated heterocycles. The fourth-order valence-corrected chi connectivity index (χ4v) is 5.84. The van der Waals surface area contributed by atoms with Crippen LogP contribution in [-0.2, 0) is 24.2 Å². The molecule has 0 aromatic carbocycles. The summed E-state index contributed by atoms with van der Waals surface area (Å²) in [6.45, 7) is 4.44. The van der Waals surface area contributed by atoms with Gasteiger partial charge in [0.05, 0.1) is 17.5 Å². The molecular weight excluding hydrogens is 424 g/mol. The molecule has 2 aliphatic rings. The van der Waals surface area contributed by atoms with E-state index < -0.39 is 5.60 Å². The fourth-order valence-electron chi connectivity index (χ4n) is 4.57. The average molecular weight is 451 g/mol. The molecule has 166 valence electrons. The first-order valence-electron chi connectivity index (χ1n) is 10.8.